The summed E-state index contributed by atoms with van der Waals surface area (Å²) in [5.41, 5.74) is -0.128. The van der Waals surface area contributed by atoms with Gasteiger partial charge in [-0.3, -0.25) is 19.2 Å². The Kier molecular flexibility index (Phi) is 31.8. The highest BCUT2D eigenvalue weighted by atomic mass is 32.2. The van der Waals surface area contributed by atoms with Crippen molar-refractivity contribution in [2.24, 2.45) is 5.92 Å². The van der Waals surface area contributed by atoms with E-state index < -0.39 is 264 Å². The zero-order valence-electron chi connectivity index (χ0n) is 53.8. The summed E-state index contributed by atoms with van der Waals surface area (Å²) < 4.78 is 63.3. The molecule has 30 atom stereocenters. The molecule has 0 aromatic carbocycles. The monoisotopic (exact) mass is 1460 g/mol. The maximum Gasteiger partial charge on any atom is 0.335 e. The standard InChI is InChI=1S/C56H87N3O37S2/c1-18(2)50(78)81-13-33-30(93-95-55-39(70)37(68)42(45(90-55)48(74)75)88-52-24(57-21(5)61)9-29(92-80-8)32(12-60)84-52)10-26(59-23(7)63)54(85-33)89-43-38(69)40(71)56(91-46(43)49(76)77)96-94-31-11-25(58-22(6)62)53(87-41-36(67)35(66)20(4)83-44(41)47(72)73)86-34(31)14-82-51(79)19(3)16-98-17-28(65)27(64)15-97/h19-20,24-46,52-56,60,64-71,97H,1,9-17H2,2-8H3,(H,57,61)(H,58,62)(H,59,63)(H,72,73)(H,74,75)(H,76,77)/t19?,20?,24-,25-,26?,27?,28+,29-,30-,31-,32-,33-,34?,35?,36?,37?,38?,39?,40?,41+,42+,43+,44?,45?,46?,52?,53-,54-,55?,56?/m0/s1. The molecule has 3 amide bonds. The van der Waals surface area contributed by atoms with Gasteiger partial charge in [-0.2, -0.15) is 24.4 Å². The van der Waals surface area contributed by atoms with Crippen molar-refractivity contribution in [2.45, 2.75) is 239 Å². The van der Waals surface area contributed by atoms with Crippen LogP contribution in [0.15, 0.2) is 12.2 Å². The first kappa shape index (κ1) is 82.2. The fraction of sp³-hybridized carbons (Fsp3) is 0.821. The quantitative estimate of drug-likeness (QED) is 0.00954. The summed E-state index contributed by atoms with van der Waals surface area (Å²) in [6, 6.07) is -4.03. The van der Waals surface area contributed by atoms with Gasteiger partial charge in [0.1, 0.15) is 105 Å². The molecule has 0 bridgehead atoms. The lowest BCUT2D eigenvalue weighted by Crippen LogP contribution is -2.65. The van der Waals surface area contributed by atoms with Crippen LogP contribution in [-0.2, 0) is 120 Å². The van der Waals surface area contributed by atoms with Crippen LogP contribution in [0, 0.1) is 5.92 Å². The molecule has 6 rings (SSSR count). The minimum absolute atomic E-state index is 0.00128. The number of carboxylic acids is 3. The Morgan fingerprint density at radius 3 is 1.30 bits per heavy atom. The molecule has 0 aromatic heterocycles. The normalized spacial score (nSPS) is 38.4. The summed E-state index contributed by atoms with van der Waals surface area (Å²) >= 11 is 5.04. The average molecular weight is 1460 g/mol. The van der Waals surface area contributed by atoms with Crippen molar-refractivity contribution in [3.8, 4) is 0 Å². The zero-order valence-corrected chi connectivity index (χ0v) is 55.5. The third kappa shape index (κ3) is 21.9. The lowest BCUT2D eigenvalue weighted by molar-refractivity contribution is -0.461. The maximum absolute atomic E-state index is 13.4. The van der Waals surface area contributed by atoms with Gasteiger partial charge in [0, 0.05) is 62.9 Å². The largest absolute Gasteiger partial charge is 0.479 e. The molecule has 6 fully saturated rings. The Labute approximate surface area is 568 Å². The van der Waals surface area contributed by atoms with Crippen molar-refractivity contribution < 1.29 is 181 Å². The Morgan fingerprint density at radius 2 is 0.918 bits per heavy atom. The molecule has 42 heteroatoms. The van der Waals surface area contributed by atoms with Gasteiger partial charge >= 0.3 is 29.8 Å². The van der Waals surface area contributed by atoms with Gasteiger partial charge in [0.25, 0.3) is 0 Å². The molecule has 0 saturated carbocycles. The number of thioether (sulfide) groups is 1. The van der Waals surface area contributed by atoms with Gasteiger partial charge in [0.15, 0.2) is 37.2 Å². The third-order valence-electron chi connectivity index (χ3n) is 16.1. The van der Waals surface area contributed by atoms with Crippen molar-refractivity contribution in [1.82, 2.24) is 16.0 Å². The number of nitrogens with one attached hydrogen (secondary N) is 3. The Hall–Kier alpha value is -4.76. The second-order valence-corrected chi connectivity index (χ2v) is 25.3. The number of hydrogen-bond donors (Lipinski definition) is 16. The molecule has 0 aromatic rings. The topological polar surface area (TPSA) is 572 Å². The van der Waals surface area contributed by atoms with E-state index in [1.807, 2.05) is 0 Å². The molecular weight excluding hydrogens is 1370 g/mol. The molecule has 17 unspecified atom stereocenters. The minimum atomic E-state index is -2.38. The first-order valence-electron chi connectivity index (χ1n) is 30.7. The fourth-order valence-corrected chi connectivity index (χ4v) is 12.3. The first-order valence-corrected chi connectivity index (χ1v) is 32.4. The van der Waals surface area contributed by atoms with Gasteiger partial charge in [-0.05, 0) is 13.8 Å². The van der Waals surface area contributed by atoms with Gasteiger partial charge < -0.3 is 129 Å². The Morgan fingerprint density at radius 1 is 0.531 bits per heavy atom. The summed E-state index contributed by atoms with van der Waals surface area (Å²) in [4.78, 5) is 134. The number of aliphatic hydroxyl groups excluding tert-OH is 9. The summed E-state index contributed by atoms with van der Waals surface area (Å²) in [5, 5.41) is 136. The number of ether oxygens (including phenoxy) is 11. The predicted octanol–water partition coefficient (Wildman–Crippen LogP) is -7.09. The zero-order chi connectivity index (χ0) is 72.7. The highest BCUT2D eigenvalue weighted by Gasteiger charge is 2.57. The molecule has 560 valence electrons. The van der Waals surface area contributed by atoms with Crippen LogP contribution in [0.2, 0.25) is 0 Å². The number of esters is 2. The fourth-order valence-electron chi connectivity index (χ4n) is 10.9. The van der Waals surface area contributed by atoms with Crippen LogP contribution in [0.1, 0.15) is 60.8 Å². The van der Waals surface area contributed by atoms with Crippen molar-refractivity contribution in [3.05, 3.63) is 12.2 Å². The molecule has 0 aliphatic carbocycles. The van der Waals surface area contributed by atoms with Gasteiger partial charge in [-0.1, -0.05) is 13.5 Å². The summed E-state index contributed by atoms with van der Waals surface area (Å²) in [6.07, 6.45) is -48.6. The first-order chi connectivity index (χ1) is 46.2. The van der Waals surface area contributed by atoms with Crippen LogP contribution in [0.5, 0.6) is 0 Å². The smallest absolute Gasteiger partial charge is 0.335 e. The molecule has 6 saturated heterocycles. The molecule has 40 nitrogen and oxygen atoms in total. The molecular formula is C56H87N3O37S2. The van der Waals surface area contributed by atoms with E-state index in [2.05, 4.69) is 35.2 Å². The van der Waals surface area contributed by atoms with E-state index >= 15 is 0 Å². The van der Waals surface area contributed by atoms with Gasteiger partial charge in [0.2, 0.25) is 30.3 Å². The number of aliphatic carboxylic acids is 3. The van der Waals surface area contributed by atoms with Crippen LogP contribution >= 0.6 is 24.4 Å². The van der Waals surface area contributed by atoms with E-state index in [9.17, 15) is 99.6 Å². The van der Waals surface area contributed by atoms with Crippen molar-refractivity contribution >= 4 is 72.0 Å². The van der Waals surface area contributed by atoms with Crippen molar-refractivity contribution in [3.63, 3.8) is 0 Å². The van der Waals surface area contributed by atoms with Crippen LogP contribution in [0.3, 0.4) is 0 Å². The second-order valence-electron chi connectivity index (χ2n) is 23.8. The lowest BCUT2D eigenvalue weighted by Gasteiger charge is -2.46. The van der Waals surface area contributed by atoms with Crippen LogP contribution in [0.4, 0.5) is 0 Å². The lowest BCUT2D eigenvalue weighted by atomic mass is 9.94. The van der Waals surface area contributed by atoms with Gasteiger partial charge in [-0.15, -0.1) is 0 Å². The maximum atomic E-state index is 13.4. The summed E-state index contributed by atoms with van der Waals surface area (Å²) in [6.45, 7) is 8.53. The molecule has 6 heterocycles. The van der Waals surface area contributed by atoms with E-state index in [1.165, 1.54) is 27.9 Å². The average Bonchev–Trinajstić information content (AvgIpc) is 0.791. The van der Waals surface area contributed by atoms with E-state index in [0.29, 0.717) is 0 Å². The Balaban J connectivity index is 1.20. The minimum Gasteiger partial charge on any atom is -0.479 e. The molecule has 15 N–H and O–H groups in total. The van der Waals surface area contributed by atoms with E-state index in [0.717, 1.165) is 32.5 Å². The summed E-state index contributed by atoms with van der Waals surface area (Å²) in [5.74, 6) is -10.2. The van der Waals surface area contributed by atoms with Crippen LogP contribution in [0.25, 0.3) is 0 Å². The number of carbonyl (C=O) groups is 8. The number of thiol groups is 1. The van der Waals surface area contributed by atoms with Crippen molar-refractivity contribution in [1.29, 1.82) is 0 Å². The molecule has 98 heavy (non-hydrogen) atoms. The van der Waals surface area contributed by atoms with Crippen molar-refractivity contribution in [2.75, 3.05) is 44.2 Å². The van der Waals surface area contributed by atoms with Crippen LogP contribution < -0.4 is 16.0 Å². The van der Waals surface area contributed by atoms with E-state index in [4.69, 9.17) is 81.4 Å². The van der Waals surface area contributed by atoms with E-state index in [1.54, 1.807) is 0 Å². The molecule has 6 aliphatic heterocycles. The Bertz CT molecular complexity index is 2680. The predicted molar refractivity (Wildman–Crippen MR) is 318 cm³/mol. The second kappa shape index (κ2) is 38.0. The molecule has 0 spiro atoms. The highest BCUT2D eigenvalue weighted by molar-refractivity contribution is 7.99. The third-order valence-corrected chi connectivity index (χ3v) is 17.7. The van der Waals surface area contributed by atoms with Gasteiger partial charge in [0.05, 0.1) is 56.1 Å². The van der Waals surface area contributed by atoms with Crippen LogP contribution in [-0.4, -0.2) is 331 Å². The SMILES string of the molecule is C=C(C)C(=O)OC[C@@H]1O[C@@H](O[C@H]2C(C(=O)O)OC(OO[C@H]3C[C@H](NC(C)=O)[C@H](O[C@H]4C(C(=O)O)OC(C)C(O)C4O)OC3COC(=O)C(C)CSC[C@@H](O)C(O)CS)C(O)C2O)C(NC(C)=O)C[C@@H]1OOC1OC(C(=O)O)[C@H](OC2O[C@@H](CO)[C@@H](OOC)C[C@@H]2NC(C)=O)C(O)C1O. The number of amides is 3. The number of carboxylic acid groups (broad SMARTS) is 3. The molecule has 0 radical (unpaired) electrons. The number of rotatable bonds is 33. The summed E-state index contributed by atoms with van der Waals surface area (Å²) in [7, 11) is 1.17. The van der Waals surface area contributed by atoms with E-state index in [-0.39, 0.29) is 29.3 Å². The number of hydrogen-bond acceptors (Lipinski definition) is 36. The van der Waals surface area contributed by atoms with Gasteiger partial charge in [-0.25, -0.2) is 48.5 Å². The number of carbonyl (C=O) groups excluding carboxylic acids is 5. The highest BCUT2D eigenvalue weighted by Crippen LogP contribution is 2.37. The number of aliphatic hydroxyl groups is 9. The molecule has 6 aliphatic rings.